The molecule has 0 bridgehead atoms. The number of benzene rings is 2. The first kappa shape index (κ1) is 22.1. The summed E-state index contributed by atoms with van der Waals surface area (Å²) in [6.07, 6.45) is 1.72. The predicted octanol–water partition coefficient (Wildman–Crippen LogP) is 5.09. The van der Waals surface area contributed by atoms with E-state index in [1.807, 2.05) is 42.6 Å². The summed E-state index contributed by atoms with van der Waals surface area (Å²) >= 11 is 14.1. The Kier molecular flexibility index (Phi) is 6.52. The molecular weight excluding hydrogens is 451 g/mol. The number of rotatable bonds is 5. The van der Waals surface area contributed by atoms with Gasteiger partial charge in [-0.2, -0.15) is 5.26 Å². The van der Waals surface area contributed by atoms with Gasteiger partial charge < -0.3 is 10.0 Å². The number of nitriles is 1. The van der Waals surface area contributed by atoms with Gasteiger partial charge in [-0.1, -0.05) is 35.3 Å². The quantitative estimate of drug-likeness (QED) is 0.559. The highest BCUT2D eigenvalue weighted by Gasteiger charge is 2.35. The van der Waals surface area contributed by atoms with Crippen LogP contribution >= 0.6 is 34.5 Å². The van der Waals surface area contributed by atoms with Crippen LogP contribution in [0, 0.1) is 11.3 Å². The van der Waals surface area contributed by atoms with Gasteiger partial charge in [0.05, 0.1) is 28.4 Å². The molecule has 2 heterocycles. The molecule has 2 atom stereocenters. The average Bonchev–Trinajstić information content (AvgIpc) is 3.30. The molecule has 4 rings (SSSR count). The number of halogens is 2. The average molecular weight is 473 g/mol. The topological polar surface area (TPSA) is 63.4 Å². The van der Waals surface area contributed by atoms with Gasteiger partial charge >= 0.3 is 0 Å². The normalized spacial score (nSPS) is 19.1. The van der Waals surface area contributed by atoms with Crippen LogP contribution in [-0.4, -0.2) is 41.2 Å². The summed E-state index contributed by atoms with van der Waals surface area (Å²) in [5.41, 5.74) is 1.53. The van der Waals surface area contributed by atoms with Gasteiger partial charge in [-0.3, -0.25) is 4.90 Å². The van der Waals surface area contributed by atoms with E-state index in [1.165, 1.54) is 11.3 Å². The van der Waals surface area contributed by atoms with Crippen LogP contribution < -0.4 is 4.90 Å². The van der Waals surface area contributed by atoms with Crippen molar-refractivity contribution in [1.82, 2.24) is 9.88 Å². The van der Waals surface area contributed by atoms with Gasteiger partial charge in [0.15, 0.2) is 0 Å². The molecule has 1 aliphatic heterocycles. The molecule has 0 saturated carbocycles. The van der Waals surface area contributed by atoms with Gasteiger partial charge in [-0.25, -0.2) is 4.98 Å². The van der Waals surface area contributed by atoms with E-state index in [2.05, 4.69) is 20.9 Å². The highest BCUT2D eigenvalue weighted by atomic mass is 35.5. The molecule has 0 spiro atoms. The zero-order valence-corrected chi connectivity index (χ0v) is 19.3. The molecule has 0 amide bonds. The Balaban J connectivity index is 1.63. The lowest BCUT2D eigenvalue weighted by atomic mass is 9.99. The third-order valence-corrected chi connectivity index (χ3v) is 7.11. The van der Waals surface area contributed by atoms with Crippen molar-refractivity contribution >= 4 is 40.2 Å². The Labute approximate surface area is 196 Å². The number of piperazine rings is 1. The summed E-state index contributed by atoms with van der Waals surface area (Å²) in [4.78, 5) is 8.83. The first-order valence-corrected chi connectivity index (χ1v) is 11.6. The molecule has 8 heteroatoms. The second kappa shape index (κ2) is 9.15. The van der Waals surface area contributed by atoms with Crippen molar-refractivity contribution < 1.29 is 5.11 Å². The van der Waals surface area contributed by atoms with E-state index in [-0.39, 0.29) is 6.04 Å². The Morgan fingerprint density at radius 2 is 2.00 bits per heavy atom. The lowest BCUT2D eigenvalue weighted by molar-refractivity contribution is 0.0101. The van der Waals surface area contributed by atoms with E-state index in [1.54, 1.807) is 18.3 Å². The van der Waals surface area contributed by atoms with Gasteiger partial charge in [-0.05, 0) is 42.8 Å². The highest BCUT2D eigenvalue weighted by molar-refractivity contribution is 7.09. The summed E-state index contributed by atoms with van der Waals surface area (Å²) < 4.78 is 0. The number of nitrogens with zero attached hydrogens (tertiary/aromatic N) is 4. The minimum atomic E-state index is -1.02. The minimum Gasteiger partial charge on any atom is -0.382 e. The van der Waals surface area contributed by atoms with Gasteiger partial charge in [0.25, 0.3) is 0 Å². The van der Waals surface area contributed by atoms with Crippen LogP contribution in [0.3, 0.4) is 0 Å². The molecule has 1 unspecified atom stereocenters. The van der Waals surface area contributed by atoms with E-state index < -0.39 is 5.60 Å². The fourth-order valence-corrected chi connectivity index (χ4v) is 5.15. The summed E-state index contributed by atoms with van der Waals surface area (Å²) in [5.74, 6) is 0. The number of hydrogen-bond acceptors (Lipinski definition) is 6. The van der Waals surface area contributed by atoms with Crippen LogP contribution in [0.15, 0.2) is 54.0 Å². The summed E-state index contributed by atoms with van der Waals surface area (Å²) in [5, 5.41) is 24.0. The largest absolute Gasteiger partial charge is 0.382 e. The Morgan fingerprint density at radius 1 is 1.23 bits per heavy atom. The zero-order valence-electron chi connectivity index (χ0n) is 17.0. The molecule has 1 fully saturated rings. The number of aliphatic hydroxyl groups is 1. The molecule has 2 aromatic carbocycles. The van der Waals surface area contributed by atoms with Crippen molar-refractivity contribution in [3.05, 3.63) is 80.2 Å². The predicted molar refractivity (Wildman–Crippen MR) is 126 cm³/mol. The van der Waals surface area contributed by atoms with Crippen LogP contribution in [0.5, 0.6) is 0 Å². The molecule has 0 aliphatic carbocycles. The van der Waals surface area contributed by atoms with Gasteiger partial charge in [-0.15, -0.1) is 11.3 Å². The SMILES string of the molecule is CC(O)(CN1CCN(c2ccc(C#N)cc2Cl)[C@H](c2ccc(Cl)cc2)C1)c1nccs1. The van der Waals surface area contributed by atoms with E-state index in [4.69, 9.17) is 23.2 Å². The third-order valence-electron chi connectivity index (χ3n) is 5.53. The maximum atomic E-state index is 11.0. The maximum Gasteiger partial charge on any atom is 0.126 e. The number of hydrogen-bond donors (Lipinski definition) is 1. The van der Waals surface area contributed by atoms with Crippen molar-refractivity contribution in [1.29, 1.82) is 5.26 Å². The van der Waals surface area contributed by atoms with Crippen LogP contribution in [0.1, 0.15) is 29.1 Å². The van der Waals surface area contributed by atoms with E-state index in [0.717, 1.165) is 24.3 Å². The smallest absolute Gasteiger partial charge is 0.126 e. The van der Waals surface area contributed by atoms with E-state index in [0.29, 0.717) is 33.7 Å². The molecule has 3 aromatic rings. The first-order chi connectivity index (χ1) is 14.9. The van der Waals surface area contributed by atoms with Crippen molar-refractivity contribution in [2.45, 2.75) is 18.6 Å². The second-order valence-electron chi connectivity index (χ2n) is 7.88. The summed E-state index contributed by atoms with van der Waals surface area (Å²) in [7, 11) is 0. The summed E-state index contributed by atoms with van der Waals surface area (Å²) in [6, 6.07) is 15.4. The molecule has 5 nitrogen and oxygen atoms in total. The fourth-order valence-electron chi connectivity index (χ4n) is 4.04. The highest BCUT2D eigenvalue weighted by Crippen LogP contribution is 2.37. The standard InChI is InChI=1S/C23H22Cl2N4OS/c1-23(30,22-27-8-11-31-22)15-28-9-10-29(20-7-2-16(13-26)12-19(20)25)21(14-28)17-3-5-18(24)6-4-17/h2-8,11-12,21,30H,9-10,14-15H2,1H3/t21-,23?/m0/s1. The minimum absolute atomic E-state index is 0.0172. The van der Waals surface area contributed by atoms with E-state index >= 15 is 0 Å². The van der Waals surface area contributed by atoms with Crippen molar-refractivity contribution in [2.24, 2.45) is 0 Å². The lowest BCUT2D eigenvalue weighted by Crippen LogP contribution is -2.52. The molecule has 31 heavy (non-hydrogen) atoms. The van der Waals surface area contributed by atoms with Gasteiger partial charge in [0.1, 0.15) is 10.6 Å². The van der Waals surface area contributed by atoms with Crippen molar-refractivity contribution in [3.63, 3.8) is 0 Å². The maximum absolute atomic E-state index is 11.0. The third kappa shape index (κ3) is 4.87. The number of β-amino-alcohol motifs (C(OH)–C–C–N with tert-alkyl or cyclic N) is 1. The molecule has 1 aliphatic rings. The summed E-state index contributed by atoms with van der Waals surface area (Å²) in [6.45, 7) is 4.50. The molecular formula is C23H22Cl2N4OS. The van der Waals surface area contributed by atoms with Crippen molar-refractivity contribution in [2.75, 3.05) is 31.1 Å². The number of aromatic nitrogens is 1. The Bertz CT molecular complexity index is 1080. The monoisotopic (exact) mass is 472 g/mol. The number of anilines is 1. The fraction of sp³-hybridized carbons (Fsp3) is 0.304. The zero-order chi connectivity index (χ0) is 22.0. The molecule has 1 saturated heterocycles. The van der Waals surface area contributed by atoms with Gasteiger partial charge in [0.2, 0.25) is 0 Å². The molecule has 1 aromatic heterocycles. The van der Waals surface area contributed by atoms with Crippen molar-refractivity contribution in [3.8, 4) is 6.07 Å². The van der Waals surface area contributed by atoms with Gasteiger partial charge in [0, 0.05) is 42.8 Å². The van der Waals surface area contributed by atoms with E-state index in [9.17, 15) is 10.4 Å². The van der Waals surface area contributed by atoms with Crippen LogP contribution in [0.4, 0.5) is 5.69 Å². The Hall–Kier alpha value is -2.14. The van der Waals surface area contributed by atoms with Crippen LogP contribution in [0.25, 0.3) is 0 Å². The Morgan fingerprint density at radius 3 is 2.65 bits per heavy atom. The van der Waals surface area contributed by atoms with Crippen LogP contribution in [-0.2, 0) is 5.60 Å². The first-order valence-electron chi connectivity index (χ1n) is 9.94. The lowest BCUT2D eigenvalue weighted by Gasteiger charge is -2.45. The number of thiazole rings is 1. The molecule has 0 radical (unpaired) electrons. The molecule has 1 N–H and O–H groups in total. The molecule has 160 valence electrons. The second-order valence-corrected chi connectivity index (χ2v) is 9.62. The van der Waals surface area contributed by atoms with Crippen LogP contribution in [0.2, 0.25) is 10.0 Å².